The van der Waals surface area contributed by atoms with Crippen LogP contribution in [0.3, 0.4) is 0 Å². The summed E-state index contributed by atoms with van der Waals surface area (Å²) >= 11 is 5.91. The fourth-order valence-electron chi connectivity index (χ4n) is 5.18. The quantitative estimate of drug-likeness (QED) is 0.490. The maximum atomic E-state index is 14.4. The molecule has 0 radical (unpaired) electrons. The molecule has 0 amide bonds. The zero-order valence-electron chi connectivity index (χ0n) is 19.1. The Bertz CT molecular complexity index is 1140. The fraction of sp³-hybridized carbons (Fsp3) is 0.500. The third-order valence-electron chi connectivity index (χ3n) is 6.81. The number of aryl methyl sites for hydroxylation is 1. The molecule has 3 atom stereocenters. The Morgan fingerprint density at radius 2 is 1.94 bits per heavy atom. The van der Waals surface area contributed by atoms with E-state index in [9.17, 15) is 4.39 Å². The zero-order chi connectivity index (χ0) is 23.1. The third-order valence-corrected chi connectivity index (χ3v) is 7.10. The van der Waals surface area contributed by atoms with Crippen LogP contribution in [0, 0.1) is 30.5 Å². The van der Waals surface area contributed by atoms with Gasteiger partial charge in [-0.15, -0.1) is 0 Å². The second-order valence-corrected chi connectivity index (χ2v) is 9.80. The van der Waals surface area contributed by atoms with Gasteiger partial charge in [-0.3, -0.25) is 0 Å². The van der Waals surface area contributed by atoms with Crippen molar-refractivity contribution < 1.29 is 9.13 Å². The number of anilines is 1. The number of rotatable bonds is 6. The first kappa shape index (κ1) is 22.1. The van der Waals surface area contributed by atoms with Gasteiger partial charge in [0.2, 0.25) is 0 Å². The van der Waals surface area contributed by atoms with Crippen LogP contribution in [-0.4, -0.2) is 37.8 Å². The molecule has 0 spiro atoms. The van der Waals surface area contributed by atoms with E-state index < -0.39 is 5.82 Å². The summed E-state index contributed by atoms with van der Waals surface area (Å²) in [5.41, 5.74) is 0.988. The van der Waals surface area contributed by atoms with E-state index in [1.165, 1.54) is 18.9 Å². The van der Waals surface area contributed by atoms with Crippen molar-refractivity contribution in [2.45, 2.75) is 46.1 Å². The van der Waals surface area contributed by atoms with Gasteiger partial charge in [0.15, 0.2) is 17.4 Å². The predicted octanol–water partition coefficient (Wildman–Crippen LogP) is 5.25. The van der Waals surface area contributed by atoms with Gasteiger partial charge in [-0.2, -0.15) is 10.1 Å². The Hall–Kier alpha value is -2.74. The molecule has 174 valence electrons. The summed E-state index contributed by atoms with van der Waals surface area (Å²) < 4.78 is 21.9. The number of aromatic nitrogens is 5. The summed E-state index contributed by atoms with van der Waals surface area (Å²) in [5.74, 6) is 2.87. The number of benzene rings is 1. The molecule has 1 unspecified atom stereocenters. The molecule has 1 aliphatic heterocycles. The lowest BCUT2D eigenvalue weighted by Crippen LogP contribution is -2.43. The summed E-state index contributed by atoms with van der Waals surface area (Å²) in [6.45, 7) is 7.98. The Balaban J connectivity index is 1.34. The number of halogens is 2. The highest BCUT2D eigenvalue weighted by atomic mass is 35.5. The largest absolute Gasteiger partial charge is 0.421 e. The molecule has 3 aromatic rings. The van der Waals surface area contributed by atoms with Crippen LogP contribution in [0.25, 0.3) is 0 Å². The summed E-state index contributed by atoms with van der Waals surface area (Å²) in [4.78, 5) is 15.8. The van der Waals surface area contributed by atoms with Gasteiger partial charge in [0.1, 0.15) is 12.1 Å². The minimum absolute atomic E-state index is 0.0190. The van der Waals surface area contributed by atoms with Gasteiger partial charge in [-0.05, 0) is 63.5 Å². The van der Waals surface area contributed by atoms with E-state index in [0.717, 1.165) is 36.8 Å². The van der Waals surface area contributed by atoms with Crippen molar-refractivity contribution in [3.8, 4) is 11.8 Å². The van der Waals surface area contributed by atoms with E-state index in [0.29, 0.717) is 23.8 Å². The van der Waals surface area contributed by atoms with Crippen LogP contribution in [0.15, 0.2) is 30.6 Å². The van der Waals surface area contributed by atoms with Crippen LogP contribution in [0.5, 0.6) is 11.8 Å². The summed E-state index contributed by atoms with van der Waals surface area (Å²) in [7, 11) is 0. The average Bonchev–Trinajstić information content (AvgIpc) is 3.27. The van der Waals surface area contributed by atoms with E-state index in [-0.39, 0.29) is 16.8 Å². The maximum absolute atomic E-state index is 14.4. The number of hydrogen-bond donors (Lipinski definition) is 0. The van der Waals surface area contributed by atoms with Crippen molar-refractivity contribution in [1.82, 2.24) is 24.7 Å². The van der Waals surface area contributed by atoms with Crippen LogP contribution < -0.4 is 9.64 Å². The average molecular weight is 471 g/mol. The van der Waals surface area contributed by atoms with Crippen molar-refractivity contribution in [3.63, 3.8) is 0 Å². The van der Waals surface area contributed by atoms with Crippen molar-refractivity contribution in [3.05, 3.63) is 53.0 Å². The first-order chi connectivity index (χ1) is 15.9. The first-order valence-electron chi connectivity index (χ1n) is 11.5. The van der Waals surface area contributed by atoms with E-state index in [1.54, 1.807) is 23.1 Å². The first-order valence-corrected chi connectivity index (χ1v) is 11.9. The molecular weight excluding hydrogens is 443 g/mol. The Kier molecular flexibility index (Phi) is 5.95. The SMILES string of the molecule is Cc1cc(N2C[C@H]3CC[C@@H](C2)C3Cc2nc(Oc3cccc(Cl)c3F)n(C(C)C)n2)ncn1. The highest BCUT2D eigenvalue weighted by Crippen LogP contribution is 2.44. The fourth-order valence-corrected chi connectivity index (χ4v) is 5.35. The number of nitrogens with zero attached hydrogens (tertiary/aromatic N) is 6. The lowest BCUT2D eigenvalue weighted by atomic mass is 9.82. The van der Waals surface area contributed by atoms with Crippen LogP contribution >= 0.6 is 11.6 Å². The molecule has 3 heterocycles. The van der Waals surface area contributed by atoms with E-state index >= 15 is 0 Å². The molecule has 1 saturated carbocycles. The van der Waals surface area contributed by atoms with Crippen LogP contribution in [-0.2, 0) is 6.42 Å². The topological polar surface area (TPSA) is 69.0 Å². The predicted molar refractivity (Wildman–Crippen MR) is 124 cm³/mol. The second-order valence-electron chi connectivity index (χ2n) is 9.39. The molecular formula is C24H28ClFN6O. The van der Waals surface area contributed by atoms with Crippen molar-refractivity contribution in [1.29, 1.82) is 0 Å². The van der Waals surface area contributed by atoms with Gasteiger partial charge < -0.3 is 9.64 Å². The van der Waals surface area contributed by atoms with Gasteiger partial charge in [-0.25, -0.2) is 19.0 Å². The summed E-state index contributed by atoms with van der Waals surface area (Å²) in [6, 6.07) is 7.08. The molecule has 2 aliphatic rings. The zero-order valence-corrected chi connectivity index (χ0v) is 19.8. The third kappa shape index (κ3) is 4.40. The molecule has 1 saturated heterocycles. The maximum Gasteiger partial charge on any atom is 0.320 e. The Morgan fingerprint density at radius 3 is 2.64 bits per heavy atom. The molecule has 2 bridgehead atoms. The monoisotopic (exact) mass is 470 g/mol. The molecule has 9 heteroatoms. The Labute approximate surface area is 198 Å². The molecule has 0 N–H and O–H groups in total. The highest BCUT2D eigenvalue weighted by molar-refractivity contribution is 6.30. The van der Waals surface area contributed by atoms with E-state index in [4.69, 9.17) is 21.4 Å². The minimum Gasteiger partial charge on any atom is -0.421 e. The second kappa shape index (κ2) is 8.89. The van der Waals surface area contributed by atoms with Crippen LogP contribution in [0.1, 0.15) is 44.2 Å². The van der Waals surface area contributed by atoms with Crippen LogP contribution in [0.4, 0.5) is 10.2 Å². The van der Waals surface area contributed by atoms with Crippen molar-refractivity contribution in [2.75, 3.05) is 18.0 Å². The molecule has 1 aliphatic carbocycles. The van der Waals surface area contributed by atoms with E-state index in [2.05, 4.69) is 25.9 Å². The van der Waals surface area contributed by atoms with Gasteiger partial charge in [0.05, 0.1) is 11.1 Å². The molecule has 2 aromatic heterocycles. The molecule has 2 fully saturated rings. The van der Waals surface area contributed by atoms with Crippen LogP contribution in [0.2, 0.25) is 5.02 Å². The van der Waals surface area contributed by atoms with Gasteiger partial charge in [-0.1, -0.05) is 17.7 Å². The standard InChI is InChI=1S/C24H28ClFN6O/c1-14(2)32-24(33-20-6-4-5-19(25)23(20)26)29-21(30-32)10-18-16-7-8-17(18)12-31(11-16)22-9-15(3)27-13-28-22/h4-6,9,13-14,16-18H,7-8,10-12H2,1-3H3/t16-,17+,18?. The molecule has 5 rings (SSSR count). The van der Waals surface area contributed by atoms with Gasteiger partial charge in [0, 0.05) is 31.3 Å². The Morgan fingerprint density at radius 1 is 1.18 bits per heavy atom. The lowest BCUT2D eigenvalue weighted by molar-refractivity contribution is 0.264. The smallest absolute Gasteiger partial charge is 0.320 e. The number of piperidine rings is 1. The molecule has 7 nitrogen and oxygen atoms in total. The lowest BCUT2D eigenvalue weighted by Gasteiger charge is -2.38. The normalized spacial score (nSPS) is 22.2. The summed E-state index contributed by atoms with van der Waals surface area (Å²) in [5, 5.41) is 4.75. The number of hydrogen-bond acceptors (Lipinski definition) is 6. The highest BCUT2D eigenvalue weighted by Gasteiger charge is 2.43. The van der Waals surface area contributed by atoms with Gasteiger partial charge in [0.25, 0.3) is 0 Å². The number of fused-ring (bicyclic) bond motifs is 2. The molecule has 1 aromatic carbocycles. The minimum atomic E-state index is -0.593. The summed E-state index contributed by atoms with van der Waals surface area (Å²) in [6.07, 6.45) is 4.85. The number of ether oxygens (including phenoxy) is 1. The van der Waals surface area contributed by atoms with Gasteiger partial charge >= 0.3 is 6.01 Å². The van der Waals surface area contributed by atoms with E-state index in [1.807, 2.05) is 20.8 Å². The van der Waals surface area contributed by atoms with Crippen molar-refractivity contribution in [2.24, 2.45) is 17.8 Å². The molecule has 33 heavy (non-hydrogen) atoms. The van der Waals surface area contributed by atoms with Crippen molar-refractivity contribution >= 4 is 17.4 Å².